The van der Waals surface area contributed by atoms with E-state index in [0.29, 0.717) is 31.2 Å². The second-order valence-corrected chi connectivity index (χ2v) is 5.14. The van der Waals surface area contributed by atoms with Crippen LogP contribution in [0, 0.1) is 0 Å². The first kappa shape index (κ1) is 17.5. The number of nitrogens with one attached hydrogen (secondary N) is 2. The van der Waals surface area contributed by atoms with Crippen LogP contribution in [0.2, 0.25) is 0 Å². The molecule has 0 radical (unpaired) electrons. The Hall–Kier alpha value is -2.83. The van der Waals surface area contributed by atoms with Gasteiger partial charge in [-0.25, -0.2) is 4.79 Å². The number of hydrogen-bond acceptors (Lipinski definition) is 4. The fourth-order valence-electron chi connectivity index (χ4n) is 2.13. The van der Waals surface area contributed by atoms with Gasteiger partial charge in [0.15, 0.2) is 5.96 Å². The first-order valence-electron chi connectivity index (χ1n) is 7.81. The summed E-state index contributed by atoms with van der Waals surface area (Å²) in [4.78, 5) is 15.8. The van der Waals surface area contributed by atoms with Gasteiger partial charge in [0.25, 0.3) is 0 Å². The van der Waals surface area contributed by atoms with E-state index in [0.717, 1.165) is 11.3 Å². The van der Waals surface area contributed by atoms with Crippen LogP contribution in [0.3, 0.4) is 0 Å². The van der Waals surface area contributed by atoms with Gasteiger partial charge in [-0.1, -0.05) is 12.1 Å². The van der Waals surface area contributed by atoms with Crippen molar-refractivity contribution < 1.29 is 9.53 Å². The predicted molar refractivity (Wildman–Crippen MR) is 92.6 cm³/mol. The number of hydrogen-bond donors (Lipinski definition) is 2. The Morgan fingerprint density at radius 1 is 1.21 bits per heavy atom. The number of benzene rings is 1. The van der Waals surface area contributed by atoms with E-state index >= 15 is 0 Å². The van der Waals surface area contributed by atoms with Gasteiger partial charge in [0.1, 0.15) is 0 Å². The molecule has 0 amide bonds. The summed E-state index contributed by atoms with van der Waals surface area (Å²) in [6.07, 6.45) is 1.76. The summed E-state index contributed by atoms with van der Waals surface area (Å²) in [6, 6.07) is 9.28. The third kappa shape index (κ3) is 4.84. The van der Waals surface area contributed by atoms with Crippen molar-refractivity contribution in [1.29, 1.82) is 0 Å². The highest BCUT2D eigenvalue weighted by molar-refractivity contribution is 5.89. The first-order chi connectivity index (χ1) is 11.6. The minimum Gasteiger partial charge on any atom is -0.462 e. The van der Waals surface area contributed by atoms with Crippen LogP contribution in [0.25, 0.3) is 0 Å². The SMILES string of the molecule is CCOC(=O)c1ccc(CNC(=NC)NCc2ccnn2C)cc1. The third-order valence-electron chi connectivity index (χ3n) is 3.51. The molecular formula is C17H23N5O2. The molecule has 7 nitrogen and oxygen atoms in total. The van der Waals surface area contributed by atoms with Gasteiger partial charge in [-0.05, 0) is 30.7 Å². The monoisotopic (exact) mass is 329 g/mol. The standard InChI is InChI=1S/C17H23N5O2/c1-4-24-16(23)14-7-5-13(6-8-14)11-19-17(18-2)20-12-15-9-10-21-22(15)3/h5-10H,4,11-12H2,1-3H3,(H2,18,19,20). The number of guanidine groups is 1. The van der Waals surface area contributed by atoms with Crippen LogP contribution in [0.5, 0.6) is 0 Å². The number of ether oxygens (including phenoxy) is 1. The van der Waals surface area contributed by atoms with Crippen LogP contribution in [-0.2, 0) is 24.9 Å². The molecule has 2 N–H and O–H groups in total. The van der Waals surface area contributed by atoms with E-state index in [1.807, 2.05) is 29.9 Å². The summed E-state index contributed by atoms with van der Waals surface area (Å²) in [5.41, 5.74) is 2.67. The zero-order valence-corrected chi connectivity index (χ0v) is 14.2. The molecule has 2 rings (SSSR count). The van der Waals surface area contributed by atoms with Crippen LogP contribution in [0.4, 0.5) is 0 Å². The van der Waals surface area contributed by atoms with Crippen LogP contribution >= 0.6 is 0 Å². The van der Waals surface area contributed by atoms with Gasteiger partial charge < -0.3 is 15.4 Å². The predicted octanol–water partition coefficient (Wildman–Crippen LogP) is 1.46. The van der Waals surface area contributed by atoms with E-state index in [4.69, 9.17) is 4.74 Å². The molecule has 0 atom stereocenters. The molecule has 1 aromatic heterocycles. The summed E-state index contributed by atoms with van der Waals surface area (Å²) in [5.74, 6) is 0.399. The molecule has 7 heteroatoms. The van der Waals surface area contributed by atoms with Crippen molar-refractivity contribution in [3.8, 4) is 0 Å². The van der Waals surface area contributed by atoms with Gasteiger partial charge in [0.05, 0.1) is 24.4 Å². The average molecular weight is 329 g/mol. The molecule has 0 aliphatic carbocycles. The zero-order chi connectivity index (χ0) is 17.4. The number of carbonyl (C=O) groups excluding carboxylic acids is 1. The van der Waals surface area contributed by atoms with Crippen LogP contribution < -0.4 is 10.6 Å². The van der Waals surface area contributed by atoms with E-state index in [9.17, 15) is 4.79 Å². The molecule has 0 spiro atoms. The number of aryl methyl sites for hydroxylation is 1. The second-order valence-electron chi connectivity index (χ2n) is 5.14. The van der Waals surface area contributed by atoms with E-state index < -0.39 is 0 Å². The molecule has 0 saturated carbocycles. The Balaban J connectivity index is 1.84. The molecular weight excluding hydrogens is 306 g/mol. The van der Waals surface area contributed by atoms with Crippen molar-refractivity contribution >= 4 is 11.9 Å². The number of esters is 1. The molecule has 0 unspecified atom stereocenters. The minimum atomic E-state index is -0.300. The molecule has 0 saturated heterocycles. The quantitative estimate of drug-likeness (QED) is 0.476. The van der Waals surface area contributed by atoms with E-state index in [2.05, 4.69) is 20.7 Å². The summed E-state index contributed by atoms with van der Waals surface area (Å²) in [6.45, 7) is 3.41. The lowest BCUT2D eigenvalue weighted by molar-refractivity contribution is 0.0526. The van der Waals surface area contributed by atoms with E-state index in [1.54, 1.807) is 32.3 Å². The molecule has 128 valence electrons. The summed E-state index contributed by atoms with van der Waals surface area (Å²) in [5, 5.41) is 10.6. The molecule has 0 bridgehead atoms. The first-order valence-corrected chi connectivity index (χ1v) is 7.81. The minimum absolute atomic E-state index is 0.300. The highest BCUT2D eigenvalue weighted by Crippen LogP contribution is 2.06. The third-order valence-corrected chi connectivity index (χ3v) is 3.51. The fourth-order valence-corrected chi connectivity index (χ4v) is 2.13. The Morgan fingerprint density at radius 3 is 2.50 bits per heavy atom. The van der Waals surface area contributed by atoms with Crippen molar-refractivity contribution in [3.05, 3.63) is 53.3 Å². The highest BCUT2D eigenvalue weighted by Gasteiger charge is 2.06. The molecule has 0 aliphatic heterocycles. The Bertz CT molecular complexity index is 691. The number of aromatic nitrogens is 2. The fraction of sp³-hybridized carbons (Fsp3) is 0.353. The van der Waals surface area contributed by atoms with Gasteiger partial charge in [0, 0.05) is 26.8 Å². The van der Waals surface area contributed by atoms with Crippen molar-refractivity contribution in [1.82, 2.24) is 20.4 Å². The largest absolute Gasteiger partial charge is 0.462 e. The van der Waals surface area contributed by atoms with Gasteiger partial charge in [0.2, 0.25) is 0 Å². The van der Waals surface area contributed by atoms with Crippen molar-refractivity contribution in [2.75, 3.05) is 13.7 Å². The van der Waals surface area contributed by atoms with Crippen LogP contribution in [0.1, 0.15) is 28.5 Å². The lowest BCUT2D eigenvalue weighted by Gasteiger charge is -2.12. The lowest BCUT2D eigenvalue weighted by atomic mass is 10.1. The normalized spacial score (nSPS) is 11.2. The topological polar surface area (TPSA) is 80.5 Å². The van der Waals surface area contributed by atoms with Crippen molar-refractivity contribution in [2.24, 2.45) is 12.0 Å². The molecule has 1 heterocycles. The van der Waals surface area contributed by atoms with Crippen LogP contribution in [-0.4, -0.2) is 35.4 Å². The van der Waals surface area contributed by atoms with Crippen molar-refractivity contribution in [2.45, 2.75) is 20.0 Å². The maximum Gasteiger partial charge on any atom is 0.338 e. The summed E-state index contributed by atoms with van der Waals surface area (Å²) < 4.78 is 6.78. The zero-order valence-electron chi connectivity index (χ0n) is 14.2. The average Bonchev–Trinajstić information content (AvgIpc) is 3.01. The maximum absolute atomic E-state index is 11.6. The number of nitrogens with zero attached hydrogens (tertiary/aromatic N) is 3. The van der Waals surface area contributed by atoms with Crippen molar-refractivity contribution in [3.63, 3.8) is 0 Å². The van der Waals surface area contributed by atoms with Gasteiger partial charge in [-0.2, -0.15) is 5.10 Å². The summed E-state index contributed by atoms with van der Waals surface area (Å²) >= 11 is 0. The van der Waals surface area contributed by atoms with Crippen LogP contribution in [0.15, 0.2) is 41.5 Å². The van der Waals surface area contributed by atoms with Gasteiger partial charge >= 0.3 is 5.97 Å². The van der Waals surface area contributed by atoms with Gasteiger partial charge in [-0.3, -0.25) is 9.67 Å². The second kappa shape index (κ2) is 8.71. The smallest absolute Gasteiger partial charge is 0.338 e. The maximum atomic E-state index is 11.6. The number of carbonyl (C=O) groups is 1. The van der Waals surface area contributed by atoms with E-state index in [-0.39, 0.29) is 5.97 Å². The molecule has 2 aromatic rings. The Kier molecular flexibility index (Phi) is 6.36. The molecule has 24 heavy (non-hydrogen) atoms. The number of rotatable bonds is 6. The molecule has 0 aliphatic rings. The lowest BCUT2D eigenvalue weighted by Crippen LogP contribution is -2.36. The van der Waals surface area contributed by atoms with Gasteiger partial charge in [-0.15, -0.1) is 0 Å². The highest BCUT2D eigenvalue weighted by atomic mass is 16.5. The van der Waals surface area contributed by atoms with E-state index in [1.165, 1.54) is 0 Å². The molecule has 1 aromatic carbocycles. The molecule has 0 fully saturated rings. The Labute approximate surface area is 141 Å². The number of aliphatic imine (C=N–C) groups is 1. The Morgan fingerprint density at radius 2 is 1.92 bits per heavy atom. The summed E-state index contributed by atoms with van der Waals surface area (Å²) in [7, 11) is 3.63.